The summed E-state index contributed by atoms with van der Waals surface area (Å²) < 4.78 is 6.02. The molecule has 0 amide bonds. The standard InChI is InChI=1S/C12H13ClN2OS/c13-12-14-6-11(17-12)8-15(9-3-4-9)7-10-2-1-5-16-10/h1-2,5-6,9H,3-4,7-8H2. The van der Waals surface area contributed by atoms with Gasteiger partial charge in [0.05, 0.1) is 12.8 Å². The summed E-state index contributed by atoms with van der Waals surface area (Å²) in [6, 6.07) is 4.65. The number of hydrogen-bond acceptors (Lipinski definition) is 4. The van der Waals surface area contributed by atoms with Gasteiger partial charge in [-0.15, -0.1) is 11.3 Å². The number of rotatable bonds is 5. The van der Waals surface area contributed by atoms with Crippen LogP contribution in [0.15, 0.2) is 29.0 Å². The minimum Gasteiger partial charge on any atom is -0.468 e. The van der Waals surface area contributed by atoms with Crippen molar-refractivity contribution in [1.82, 2.24) is 9.88 Å². The number of hydrogen-bond donors (Lipinski definition) is 0. The number of nitrogens with zero attached hydrogens (tertiary/aromatic N) is 2. The van der Waals surface area contributed by atoms with Crippen molar-refractivity contribution in [3.8, 4) is 0 Å². The summed E-state index contributed by atoms with van der Waals surface area (Å²) in [6.07, 6.45) is 6.16. The fourth-order valence-corrected chi connectivity index (χ4v) is 2.92. The highest BCUT2D eigenvalue weighted by molar-refractivity contribution is 7.15. The SMILES string of the molecule is Clc1ncc(CN(Cc2ccco2)C2CC2)s1. The van der Waals surface area contributed by atoms with Gasteiger partial charge < -0.3 is 4.42 Å². The van der Waals surface area contributed by atoms with E-state index >= 15 is 0 Å². The van der Waals surface area contributed by atoms with Gasteiger partial charge in [-0.3, -0.25) is 4.90 Å². The van der Waals surface area contributed by atoms with Crippen molar-refractivity contribution in [3.63, 3.8) is 0 Å². The number of aromatic nitrogens is 1. The van der Waals surface area contributed by atoms with Crippen molar-refractivity contribution >= 4 is 22.9 Å². The van der Waals surface area contributed by atoms with Gasteiger partial charge in [0.1, 0.15) is 5.76 Å². The van der Waals surface area contributed by atoms with E-state index in [1.165, 1.54) is 17.7 Å². The normalized spacial score (nSPS) is 15.6. The van der Waals surface area contributed by atoms with Gasteiger partial charge in [-0.05, 0) is 25.0 Å². The summed E-state index contributed by atoms with van der Waals surface area (Å²) in [5.41, 5.74) is 0. The topological polar surface area (TPSA) is 29.3 Å². The molecule has 1 aliphatic rings. The lowest BCUT2D eigenvalue weighted by atomic mass is 10.3. The Morgan fingerprint density at radius 1 is 1.47 bits per heavy atom. The second-order valence-corrected chi connectivity index (χ2v) is 5.99. The number of halogens is 1. The van der Waals surface area contributed by atoms with Crippen molar-refractivity contribution in [2.45, 2.75) is 32.0 Å². The Hall–Kier alpha value is -0.840. The maximum atomic E-state index is 5.85. The third-order valence-corrected chi connectivity index (χ3v) is 3.99. The van der Waals surface area contributed by atoms with Crippen LogP contribution in [0.2, 0.25) is 4.47 Å². The Kier molecular flexibility index (Phi) is 3.18. The quantitative estimate of drug-likeness (QED) is 0.830. The molecular weight excluding hydrogens is 256 g/mol. The molecule has 0 unspecified atom stereocenters. The zero-order valence-corrected chi connectivity index (χ0v) is 10.9. The summed E-state index contributed by atoms with van der Waals surface area (Å²) in [5.74, 6) is 1.02. The molecule has 0 aromatic carbocycles. The van der Waals surface area contributed by atoms with Crippen LogP contribution in [0.3, 0.4) is 0 Å². The zero-order chi connectivity index (χ0) is 11.7. The lowest BCUT2D eigenvalue weighted by molar-refractivity contribution is 0.227. The van der Waals surface area contributed by atoms with Crippen LogP contribution in [0.25, 0.3) is 0 Å². The van der Waals surface area contributed by atoms with E-state index in [4.69, 9.17) is 16.0 Å². The second-order valence-electron chi connectivity index (χ2n) is 4.30. The van der Waals surface area contributed by atoms with Crippen molar-refractivity contribution in [1.29, 1.82) is 0 Å². The summed E-state index contributed by atoms with van der Waals surface area (Å²) in [5, 5.41) is 0. The molecule has 5 heteroatoms. The molecule has 2 aromatic heterocycles. The Labute approximate surface area is 109 Å². The van der Waals surface area contributed by atoms with Gasteiger partial charge in [0.2, 0.25) is 0 Å². The van der Waals surface area contributed by atoms with Crippen molar-refractivity contribution < 1.29 is 4.42 Å². The predicted octanol–water partition coefficient (Wildman–Crippen LogP) is 3.55. The van der Waals surface area contributed by atoms with Crippen LogP contribution in [0.1, 0.15) is 23.5 Å². The molecule has 3 nitrogen and oxygen atoms in total. The minimum absolute atomic E-state index is 0.619. The highest BCUT2D eigenvalue weighted by Crippen LogP contribution is 2.31. The first-order chi connectivity index (χ1) is 8.31. The van der Waals surface area contributed by atoms with E-state index in [9.17, 15) is 0 Å². The van der Waals surface area contributed by atoms with Crippen LogP contribution in [0, 0.1) is 0 Å². The molecule has 0 atom stereocenters. The lowest BCUT2D eigenvalue weighted by Crippen LogP contribution is -2.24. The molecule has 0 bridgehead atoms. The van der Waals surface area contributed by atoms with Crippen LogP contribution in [-0.2, 0) is 13.1 Å². The summed E-state index contributed by atoms with van der Waals surface area (Å²) in [7, 11) is 0. The van der Waals surface area contributed by atoms with Gasteiger partial charge in [-0.25, -0.2) is 4.98 Å². The molecule has 0 spiro atoms. The molecule has 1 aliphatic carbocycles. The van der Waals surface area contributed by atoms with E-state index < -0.39 is 0 Å². The molecule has 1 saturated carbocycles. The average molecular weight is 269 g/mol. The van der Waals surface area contributed by atoms with Crippen LogP contribution < -0.4 is 0 Å². The minimum atomic E-state index is 0.619. The Bertz CT molecular complexity index is 478. The fourth-order valence-electron chi connectivity index (χ4n) is 1.91. The zero-order valence-electron chi connectivity index (χ0n) is 9.30. The Morgan fingerprint density at radius 2 is 2.35 bits per heavy atom. The van der Waals surface area contributed by atoms with Crippen LogP contribution >= 0.6 is 22.9 Å². The van der Waals surface area contributed by atoms with Gasteiger partial charge in [-0.2, -0.15) is 0 Å². The van der Waals surface area contributed by atoms with E-state index in [1.807, 2.05) is 18.3 Å². The molecule has 0 aliphatic heterocycles. The summed E-state index contributed by atoms with van der Waals surface area (Å²) in [4.78, 5) is 7.73. The Balaban J connectivity index is 1.68. The number of furan rings is 1. The molecule has 1 fully saturated rings. The molecule has 2 aromatic rings. The third kappa shape index (κ3) is 2.89. The highest BCUT2D eigenvalue weighted by atomic mass is 35.5. The molecule has 3 rings (SSSR count). The smallest absolute Gasteiger partial charge is 0.183 e. The van der Waals surface area contributed by atoms with Crippen molar-refractivity contribution in [3.05, 3.63) is 39.7 Å². The maximum absolute atomic E-state index is 5.85. The van der Waals surface area contributed by atoms with Crippen LogP contribution in [-0.4, -0.2) is 15.9 Å². The summed E-state index contributed by atoms with van der Waals surface area (Å²) >= 11 is 7.41. The molecule has 0 N–H and O–H groups in total. The first kappa shape index (κ1) is 11.3. The van der Waals surface area contributed by atoms with E-state index in [-0.39, 0.29) is 0 Å². The maximum Gasteiger partial charge on any atom is 0.183 e. The Morgan fingerprint density at radius 3 is 2.94 bits per heavy atom. The monoisotopic (exact) mass is 268 g/mol. The molecular formula is C12H13ClN2OS. The first-order valence-electron chi connectivity index (χ1n) is 5.68. The highest BCUT2D eigenvalue weighted by Gasteiger charge is 2.29. The van der Waals surface area contributed by atoms with E-state index in [0.717, 1.165) is 18.8 Å². The fraction of sp³-hybridized carbons (Fsp3) is 0.417. The molecule has 0 radical (unpaired) electrons. The largest absolute Gasteiger partial charge is 0.468 e. The number of thiazole rings is 1. The van der Waals surface area contributed by atoms with Gasteiger partial charge in [-0.1, -0.05) is 11.6 Å². The lowest BCUT2D eigenvalue weighted by Gasteiger charge is -2.19. The van der Waals surface area contributed by atoms with Gasteiger partial charge in [0.15, 0.2) is 4.47 Å². The van der Waals surface area contributed by atoms with Gasteiger partial charge in [0, 0.05) is 23.7 Å². The predicted molar refractivity (Wildman–Crippen MR) is 68.1 cm³/mol. The molecule has 90 valence electrons. The van der Waals surface area contributed by atoms with Crippen molar-refractivity contribution in [2.75, 3.05) is 0 Å². The van der Waals surface area contributed by atoms with E-state index in [0.29, 0.717) is 10.5 Å². The summed E-state index contributed by atoms with van der Waals surface area (Å²) in [6.45, 7) is 1.78. The van der Waals surface area contributed by atoms with Gasteiger partial charge in [0.25, 0.3) is 0 Å². The average Bonchev–Trinajstić information content (AvgIpc) is 2.89. The molecule has 2 heterocycles. The second kappa shape index (κ2) is 4.80. The van der Waals surface area contributed by atoms with Gasteiger partial charge >= 0.3 is 0 Å². The third-order valence-electron chi connectivity index (χ3n) is 2.89. The van der Waals surface area contributed by atoms with E-state index in [2.05, 4.69) is 9.88 Å². The molecule has 17 heavy (non-hydrogen) atoms. The first-order valence-corrected chi connectivity index (χ1v) is 6.87. The van der Waals surface area contributed by atoms with Crippen molar-refractivity contribution in [2.24, 2.45) is 0 Å². The van der Waals surface area contributed by atoms with Crippen LogP contribution in [0.4, 0.5) is 0 Å². The van der Waals surface area contributed by atoms with E-state index in [1.54, 1.807) is 17.6 Å². The molecule has 0 saturated heterocycles. The van der Waals surface area contributed by atoms with Crippen LogP contribution in [0.5, 0.6) is 0 Å².